The van der Waals surface area contributed by atoms with Gasteiger partial charge in [0.2, 0.25) is 0 Å². The summed E-state index contributed by atoms with van der Waals surface area (Å²) in [5.41, 5.74) is 0.349. The number of nitrogens with zero attached hydrogens (tertiary/aromatic N) is 1. The number of allylic oxidation sites excluding steroid dienone is 1. The average molecular weight is 591 g/mol. The Kier molecular flexibility index (Phi) is 8.69. The quantitative estimate of drug-likeness (QED) is 0.217. The molecule has 0 aromatic heterocycles. The van der Waals surface area contributed by atoms with Gasteiger partial charge in [0.05, 0.1) is 6.04 Å². The highest BCUT2D eigenvalue weighted by atomic mass is 19.4. The number of carbonyl (C=O) groups excluding carboxylic acids is 2. The summed E-state index contributed by atoms with van der Waals surface area (Å²) in [5.74, 6) is -38.6. The summed E-state index contributed by atoms with van der Waals surface area (Å²) in [4.78, 5) is 24.9. The van der Waals surface area contributed by atoms with Gasteiger partial charge in [-0.05, 0) is 31.4 Å². The third-order valence-corrected chi connectivity index (χ3v) is 5.79. The van der Waals surface area contributed by atoms with E-state index in [0.29, 0.717) is 10.5 Å². The SMILES string of the molecule is C/C=C/C(=O)N1C(=O)O[C@H](CCC(F)(F)C(F)(F)C(F)(F)C(F)(F)C(F)(F)C(F)(F)F)[C@@H]1Cc1ccccc1. The maximum atomic E-state index is 14.3. The van der Waals surface area contributed by atoms with E-state index in [1.807, 2.05) is 0 Å². The predicted molar refractivity (Wildman–Crippen MR) is 106 cm³/mol. The maximum Gasteiger partial charge on any atom is 0.460 e. The zero-order valence-corrected chi connectivity index (χ0v) is 19.4. The third kappa shape index (κ3) is 5.53. The summed E-state index contributed by atoms with van der Waals surface area (Å²) in [6.45, 7) is 1.35. The molecule has 2 amide bonds. The van der Waals surface area contributed by atoms with Crippen molar-refractivity contribution in [2.24, 2.45) is 0 Å². The van der Waals surface area contributed by atoms with Crippen molar-refractivity contribution in [1.29, 1.82) is 0 Å². The van der Waals surface area contributed by atoms with Crippen LogP contribution in [0.25, 0.3) is 0 Å². The van der Waals surface area contributed by atoms with Crippen LogP contribution < -0.4 is 0 Å². The van der Waals surface area contributed by atoms with Crippen LogP contribution in [0.2, 0.25) is 0 Å². The highest BCUT2D eigenvalue weighted by Crippen LogP contribution is 2.60. The monoisotopic (exact) mass is 591 g/mol. The van der Waals surface area contributed by atoms with Gasteiger partial charge in [-0.1, -0.05) is 36.4 Å². The molecular weight excluding hydrogens is 573 g/mol. The third-order valence-electron chi connectivity index (χ3n) is 5.79. The van der Waals surface area contributed by atoms with E-state index in [1.165, 1.54) is 31.2 Å². The first-order valence-corrected chi connectivity index (χ1v) is 10.7. The van der Waals surface area contributed by atoms with Crippen LogP contribution in [-0.4, -0.2) is 64.8 Å². The standard InChI is InChI=1S/C22H18F13NO3/c1-2-6-15(37)36-13(11-12-7-4-3-5-8-12)14(39-16(36)38)9-10-17(23,24)18(25,26)19(27,28)20(29,30)21(31,32)22(33,34)35/h2-8,13-14H,9-11H2,1H3/b6-2+/t13-,14+/m0/s1. The van der Waals surface area contributed by atoms with Gasteiger partial charge in [-0.2, -0.15) is 57.1 Å². The Morgan fingerprint density at radius 3 is 1.85 bits per heavy atom. The van der Waals surface area contributed by atoms with E-state index in [-0.39, 0.29) is 6.42 Å². The van der Waals surface area contributed by atoms with Crippen LogP contribution in [0.3, 0.4) is 0 Å². The second-order valence-electron chi connectivity index (χ2n) is 8.43. The molecule has 4 nitrogen and oxygen atoms in total. The van der Waals surface area contributed by atoms with Crippen molar-refractivity contribution >= 4 is 12.0 Å². The number of cyclic esters (lactones) is 1. The number of benzene rings is 1. The van der Waals surface area contributed by atoms with E-state index in [9.17, 15) is 66.7 Å². The van der Waals surface area contributed by atoms with Crippen LogP contribution in [0.5, 0.6) is 0 Å². The van der Waals surface area contributed by atoms with E-state index in [1.54, 1.807) is 6.07 Å². The molecule has 1 fully saturated rings. The fourth-order valence-electron chi connectivity index (χ4n) is 3.65. The zero-order chi connectivity index (χ0) is 30.2. The second-order valence-corrected chi connectivity index (χ2v) is 8.43. The number of carbonyl (C=O) groups is 2. The summed E-state index contributed by atoms with van der Waals surface area (Å²) in [5, 5.41) is 0. The molecule has 1 aromatic rings. The van der Waals surface area contributed by atoms with Crippen molar-refractivity contribution in [3.8, 4) is 0 Å². The minimum atomic E-state index is -8.00. The van der Waals surface area contributed by atoms with E-state index in [2.05, 4.69) is 0 Å². The number of ether oxygens (including phenoxy) is 1. The van der Waals surface area contributed by atoms with Gasteiger partial charge in [-0.25, -0.2) is 9.69 Å². The minimum absolute atomic E-state index is 0.339. The van der Waals surface area contributed by atoms with Crippen molar-refractivity contribution in [2.45, 2.75) is 74.1 Å². The van der Waals surface area contributed by atoms with Crippen molar-refractivity contribution < 1.29 is 71.4 Å². The molecule has 220 valence electrons. The summed E-state index contributed by atoms with van der Waals surface area (Å²) in [6.07, 6.45) is -13.3. The fraction of sp³-hybridized carbons (Fsp3) is 0.545. The molecule has 2 rings (SSSR count). The predicted octanol–water partition coefficient (Wildman–Crippen LogP) is 7.04. The number of rotatable bonds is 10. The van der Waals surface area contributed by atoms with Crippen molar-refractivity contribution in [3.63, 3.8) is 0 Å². The Morgan fingerprint density at radius 1 is 0.846 bits per heavy atom. The van der Waals surface area contributed by atoms with Gasteiger partial charge in [-0.15, -0.1) is 0 Å². The van der Waals surface area contributed by atoms with Gasteiger partial charge in [0.15, 0.2) is 0 Å². The lowest BCUT2D eigenvalue weighted by atomic mass is 9.90. The average Bonchev–Trinajstić information content (AvgIpc) is 3.12. The van der Waals surface area contributed by atoms with E-state index in [0.717, 1.165) is 12.2 Å². The molecule has 0 aliphatic carbocycles. The molecule has 39 heavy (non-hydrogen) atoms. The largest absolute Gasteiger partial charge is 0.460 e. The van der Waals surface area contributed by atoms with Crippen LogP contribution in [-0.2, 0) is 16.0 Å². The second kappa shape index (κ2) is 10.5. The molecule has 0 N–H and O–H groups in total. The summed E-state index contributed by atoms with van der Waals surface area (Å²) in [7, 11) is 0. The molecule has 2 atom stereocenters. The van der Waals surface area contributed by atoms with Gasteiger partial charge in [0, 0.05) is 6.42 Å². The molecule has 1 saturated heterocycles. The van der Waals surface area contributed by atoms with E-state index in [4.69, 9.17) is 4.74 Å². The lowest BCUT2D eigenvalue weighted by Crippen LogP contribution is -2.70. The molecule has 0 spiro atoms. The molecule has 17 heteroatoms. The molecule has 0 bridgehead atoms. The van der Waals surface area contributed by atoms with Crippen molar-refractivity contribution in [1.82, 2.24) is 4.90 Å². The first kappa shape index (κ1) is 32.2. The number of hydrogen-bond acceptors (Lipinski definition) is 3. The Balaban J connectivity index is 2.38. The molecule has 0 radical (unpaired) electrons. The van der Waals surface area contributed by atoms with Gasteiger partial charge in [0.1, 0.15) is 6.10 Å². The molecule has 1 heterocycles. The fourth-order valence-corrected chi connectivity index (χ4v) is 3.65. The number of halogens is 13. The molecule has 1 aromatic carbocycles. The molecule has 1 aliphatic rings. The molecular formula is C22H18F13NO3. The number of hydrogen-bond donors (Lipinski definition) is 0. The van der Waals surface area contributed by atoms with Crippen LogP contribution >= 0.6 is 0 Å². The van der Waals surface area contributed by atoms with E-state index >= 15 is 0 Å². The molecule has 1 aliphatic heterocycles. The first-order chi connectivity index (χ1) is 17.6. The Hall–Kier alpha value is -3.01. The maximum absolute atomic E-state index is 14.3. The lowest BCUT2D eigenvalue weighted by molar-refractivity contribution is -0.440. The first-order valence-electron chi connectivity index (χ1n) is 10.7. The highest BCUT2D eigenvalue weighted by Gasteiger charge is 2.90. The normalized spacial score (nSPS) is 20.1. The van der Waals surface area contributed by atoms with Gasteiger partial charge >= 0.3 is 41.9 Å². The van der Waals surface area contributed by atoms with Crippen LogP contribution in [0.15, 0.2) is 42.5 Å². The number of imide groups is 1. The Bertz CT molecular complexity index is 1070. The topological polar surface area (TPSA) is 46.6 Å². The van der Waals surface area contributed by atoms with Gasteiger partial charge in [0.25, 0.3) is 5.91 Å². The van der Waals surface area contributed by atoms with Crippen LogP contribution in [0.4, 0.5) is 61.9 Å². The highest BCUT2D eigenvalue weighted by molar-refractivity contribution is 6.00. The van der Waals surface area contributed by atoms with Crippen molar-refractivity contribution in [3.05, 3.63) is 48.0 Å². The zero-order valence-electron chi connectivity index (χ0n) is 19.4. The summed E-state index contributed by atoms with van der Waals surface area (Å²) in [6, 6.07) is 5.86. The van der Waals surface area contributed by atoms with Gasteiger partial charge in [-0.3, -0.25) is 4.79 Å². The lowest BCUT2D eigenvalue weighted by Gasteiger charge is -2.40. The van der Waals surface area contributed by atoms with Gasteiger partial charge < -0.3 is 4.74 Å². The van der Waals surface area contributed by atoms with E-state index < -0.39 is 72.8 Å². The summed E-state index contributed by atoms with van der Waals surface area (Å²) < 4.78 is 179. The minimum Gasteiger partial charge on any atom is -0.444 e. The Morgan fingerprint density at radius 2 is 1.36 bits per heavy atom. The number of amides is 2. The van der Waals surface area contributed by atoms with Crippen LogP contribution in [0.1, 0.15) is 25.3 Å². The van der Waals surface area contributed by atoms with Crippen molar-refractivity contribution in [2.75, 3.05) is 0 Å². The van der Waals surface area contributed by atoms with Crippen LogP contribution in [0, 0.1) is 0 Å². The summed E-state index contributed by atoms with van der Waals surface area (Å²) >= 11 is 0. The smallest absolute Gasteiger partial charge is 0.444 e. The molecule has 0 saturated carbocycles. The Labute approximate surface area is 211 Å². The number of alkyl halides is 13. The molecule has 0 unspecified atom stereocenters.